The third kappa shape index (κ3) is 3.06. The highest BCUT2D eigenvalue weighted by Crippen LogP contribution is 2.28. The first-order chi connectivity index (χ1) is 10.1. The van der Waals surface area contributed by atoms with Gasteiger partial charge in [0.15, 0.2) is 5.13 Å². The number of amides is 1. The van der Waals surface area contributed by atoms with Crippen LogP contribution >= 0.6 is 22.9 Å². The maximum atomic E-state index is 12.1. The summed E-state index contributed by atoms with van der Waals surface area (Å²) in [5, 5.41) is 4.07. The topological polar surface area (TPSA) is 42.0 Å². The van der Waals surface area contributed by atoms with E-state index in [0.29, 0.717) is 10.2 Å². The maximum absolute atomic E-state index is 12.1. The lowest BCUT2D eigenvalue weighted by Crippen LogP contribution is -2.14. The monoisotopic (exact) mass is 316 g/mol. The first-order valence-corrected chi connectivity index (χ1v) is 7.72. The van der Waals surface area contributed by atoms with Crippen LogP contribution in [0.5, 0.6) is 0 Å². The lowest BCUT2D eigenvalue weighted by molar-refractivity contribution is -0.115. The number of thiazole rings is 1. The molecule has 21 heavy (non-hydrogen) atoms. The fourth-order valence-electron chi connectivity index (χ4n) is 2.12. The SMILES string of the molecule is Cc1cccc2sc(NC(=O)Cc3ccccc3Cl)nc12. The van der Waals surface area contributed by atoms with Crippen LogP contribution in [-0.4, -0.2) is 10.9 Å². The predicted molar refractivity (Wildman–Crippen MR) is 88.1 cm³/mol. The van der Waals surface area contributed by atoms with E-state index in [4.69, 9.17) is 11.6 Å². The van der Waals surface area contributed by atoms with Crippen molar-refractivity contribution in [1.29, 1.82) is 0 Å². The van der Waals surface area contributed by atoms with Crippen molar-refractivity contribution in [3.63, 3.8) is 0 Å². The zero-order chi connectivity index (χ0) is 14.8. The summed E-state index contributed by atoms with van der Waals surface area (Å²) in [5.41, 5.74) is 2.86. The summed E-state index contributed by atoms with van der Waals surface area (Å²) in [6.45, 7) is 2.01. The lowest BCUT2D eigenvalue weighted by Gasteiger charge is -2.03. The minimum absolute atomic E-state index is 0.111. The molecular weight excluding hydrogens is 304 g/mol. The number of nitrogens with one attached hydrogen (secondary N) is 1. The van der Waals surface area contributed by atoms with Gasteiger partial charge in [-0.25, -0.2) is 4.98 Å². The number of aromatic nitrogens is 1. The molecule has 0 radical (unpaired) electrons. The summed E-state index contributed by atoms with van der Waals surface area (Å²) in [6.07, 6.45) is 0.245. The molecule has 0 aliphatic carbocycles. The van der Waals surface area contributed by atoms with Crippen LogP contribution in [0.1, 0.15) is 11.1 Å². The maximum Gasteiger partial charge on any atom is 0.230 e. The second-order valence-electron chi connectivity index (χ2n) is 4.76. The molecule has 1 aromatic heterocycles. The number of anilines is 1. The Balaban J connectivity index is 1.77. The smallest absolute Gasteiger partial charge is 0.230 e. The van der Waals surface area contributed by atoms with Crippen LogP contribution < -0.4 is 5.32 Å². The molecule has 1 amide bonds. The number of benzene rings is 2. The molecule has 0 unspecified atom stereocenters. The second-order valence-corrected chi connectivity index (χ2v) is 6.19. The highest BCUT2D eigenvalue weighted by Gasteiger charge is 2.11. The number of carbonyl (C=O) groups is 1. The highest BCUT2D eigenvalue weighted by molar-refractivity contribution is 7.22. The van der Waals surface area contributed by atoms with Crippen molar-refractivity contribution in [3.05, 3.63) is 58.6 Å². The Morgan fingerprint density at radius 1 is 1.24 bits per heavy atom. The van der Waals surface area contributed by atoms with Crippen molar-refractivity contribution in [2.24, 2.45) is 0 Å². The van der Waals surface area contributed by atoms with Crippen molar-refractivity contribution in [3.8, 4) is 0 Å². The van der Waals surface area contributed by atoms with Crippen LogP contribution in [0.3, 0.4) is 0 Å². The van der Waals surface area contributed by atoms with Gasteiger partial charge in [-0.05, 0) is 30.2 Å². The molecule has 0 saturated heterocycles. The molecule has 0 fully saturated rings. The van der Waals surface area contributed by atoms with E-state index in [-0.39, 0.29) is 12.3 Å². The van der Waals surface area contributed by atoms with Crippen molar-refractivity contribution < 1.29 is 4.79 Å². The predicted octanol–water partition coefficient (Wildman–Crippen LogP) is 4.44. The number of hydrogen-bond donors (Lipinski definition) is 1. The molecule has 3 aromatic rings. The molecule has 0 bridgehead atoms. The average molecular weight is 317 g/mol. The molecule has 5 heteroatoms. The van der Waals surface area contributed by atoms with Gasteiger partial charge in [0.2, 0.25) is 5.91 Å². The van der Waals surface area contributed by atoms with Gasteiger partial charge in [0, 0.05) is 5.02 Å². The molecule has 3 nitrogen and oxygen atoms in total. The van der Waals surface area contributed by atoms with E-state index in [1.807, 2.05) is 43.3 Å². The molecule has 3 rings (SSSR count). The summed E-state index contributed by atoms with van der Waals surface area (Å²) < 4.78 is 1.07. The summed E-state index contributed by atoms with van der Waals surface area (Å²) in [7, 11) is 0. The number of hydrogen-bond acceptors (Lipinski definition) is 3. The molecular formula is C16H13ClN2OS. The number of carbonyl (C=O) groups excluding carboxylic acids is 1. The minimum Gasteiger partial charge on any atom is -0.302 e. The Morgan fingerprint density at radius 2 is 2.05 bits per heavy atom. The van der Waals surface area contributed by atoms with Gasteiger partial charge in [-0.1, -0.05) is 53.3 Å². The molecule has 0 atom stereocenters. The summed E-state index contributed by atoms with van der Waals surface area (Å²) in [5.74, 6) is -0.111. The number of aryl methyl sites for hydroxylation is 1. The third-order valence-corrected chi connectivity index (χ3v) is 4.48. The molecule has 1 heterocycles. The van der Waals surface area contributed by atoms with Crippen LogP contribution in [0.15, 0.2) is 42.5 Å². The molecule has 106 valence electrons. The fourth-order valence-corrected chi connectivity index (χ4v) is 3.28. The average Bonchev–Trinajstić information content (AvgIpc) is 2.85. The van der Waals surface area contributed by atoms with Crippen molar-refractivity contribution in [2.45, 2.75) is 13.3 Å². The second kappa shape index (κ2) is 5.84. The molecule has 0 aliphatic rings. The van der Waals surface area contributed by atoms with Crippen LogP contribution in [0.2, 0.25) is 5.02 Å². The van der Waals surface area contributed by atoms with E-state index >= 15 is 0 Å². The zero-order valence-corrected chi connectivity index (χ0v) is 13.0. The Kier molecular flexibility index (Phi) is 3.90. The minimum atomic E-state index is -0.111. The zero-order valence-electron chi connectivity index (χ0n) is 11.4. The van der Waals surface area contributed by atoms with E-state index < -0.39 is 0 Å². The number of para-hydroxylation sites is 1. The Hall–Kier alpha value is -1.91. The molecule has 2 aromatic carbocycles. The first-order valence-electron chi connectivity index (χ1n) is 6.53. The standard InChI is InChI=1S/C16H13ClN2OS/c1-10-5-4-8-13-15(10)19-16(21-13)18-14(20)9-11-6-2-3-7-12(11)17/h2-8H,9H2,1H3,(H,18,19,20). The van der Waals surface area contributed by atoms with Crippen LogP contribution in [0.4, 0.5) is 5.13 Å². The normalized spacial score (nSPS) is 10.8. The van der Waals surface area contributed by atoms with E-state index in [9.17, 15) is 4.79 Å². The van der Waals surface area contributed by atoms with Crippen LogP contribution in [0.25, 0.3) is 10.2 Å². The van der Waals surface area contributed by atoms with E-state index in [0.717, 1.165) is 21.3 Å². The van der Waals surface area contributed by atoms with Gasteiger partial charge < -0.3 is 5.32 Å². The molecule has 0 spiro atoms. The van der Waals surface area contributed by atoms with Gasteiger partial charge in [0.1, 0.15) is 0 Å². The number of nitrogens with zero attached hydrogens (tertiary/aromatic N) is 1. The number of halogens is 1. The number of rotatable bonds is 3. The van der Waals surface area contributed by atoms with Gasteiger partial charge in [-0.2, -0.15) is 0 Å². The van der Waals surface area contributed by atoms with Gasteiger partial charge in [0.25, 0.3) is 0 Å². The molecule has 0 saturated carbocycles. The van der Waals surface area contributed by atoms with E-state index in [1.165, 1.54) is 11.3 Å². The van der Waals surface area contributed by atoms with Crippen LogP contribution in [0, 0.1) is 6.92 Å². The Bertz CT molecular complexity index is 813. The van der Waals surface area contributed by atoms with E-state index in [1.54, 1.807) is 6.07 Å². The molecule has 1 N–H and O–H groups in total. The Morgan fingerprint density at radius 3 is 2.81 bits per heavy atom. The van der Waals surface area contributed by atoms with Gasteiger partial charge in [0.05, 0.1) is 16.6 Å². The van der Waals surface area contributed by atoms with Crippen molar-refractivity contribution in [2.75, 3.05) is 5.32 Å². The largest absolute Gasteiger partial charge is 0.302 e. The summed E-state index contributed by atoms with van der Waals surface area (Å²) in [6, 6.07) is 13.4. The summed E-state index contributed by atoms with van der Waals surface area (Å²) in [4.78, 5) is 16.6. The lowest BCUT2D eigenvalue weighted by atomic mass is 10.1. The Labute approximate surface area is 131 Å². The quantitative estimate of drug-likeness (QED) is 0.776. The van der Waals surface area contributed by atoms with E-state index in [2.05, 4.69) is 10.3 Å². The first kappa shape index (κ1) is 14.0. The fraction of sp³-hybridized carbons (Fsp3) is 0.125. The highest BCUT2D eigenvalue weighted by atomic mass is 35.5. The summed E-state index contributed by atoms with van der Waals surface area (Å²) >= 11 is 7.54. The van der Waals surface area contributed by atoms with Gasteiger partial charge in [-0.15, -0.1) is 0 Å². The van der Waals surface area contributed by atoms with Crippen molar-refractivity contribution >= 4 is 44.2 Å². The van der Waals surface area contributed by atoms with Gasteiger partial charge >= 0.3 is 0 Å². The third-order valence-electron chi connectivity index (χ3n) is 3.18. The van der Waals surface area contributed by atoms with Crippen molar-refractivity contribution in [1.82, 2.24) is 4.98 Å². The molecule has 0 aliphatic heterocycles. The van der Waals surface area contributed by atoms with Gasteiger partial charge in [-0.3, -0.25) is 4.79 Å². The number of fused-ring (bicyclic) bond motifs is 1. The van der Waals surface area contributed by atoms with Crippen LogP contribution in [-0.2, 0) is 11.2 Å².